The highest BCUT2D eigenvalue weighted by atomic mass is 32.2. The van der Waals surface area contributed by atoms with Gasteiger partial charge in [-0.25, -0.2) is 12.8 Å². The van der Waals surface area contributed by atoms with Crippen molar-refractivity contribution in [2.75, 3.05) is 11.5 Å². The Labute approximate surface area is 94.4 Å². The fourth-order valence-corrected chi connectivity index (χ4v) is 3.84. The molecule has 5 heteroatoms. The van der Waals surface area contributed by atoms with E-state index in [2.05, 4.69) is 0 Å². The predicted octanol–water partition coefficient (Wildman–Crippen LogP) is 1.06. The molecule has 2 rings (SSSR count). The van der Waals surface area contributed by atoms with E-state index in [0.717, 1.165) is 5.56 Å². The van der Waals surface area contributed by atoms with Crippen molar-refractivity contribution in [1.82, 2.24) is 0 Å². The molecule has 0 radical (unpaired) electrons. The third kappa shape index (κ3) is 2.41. The number of nitrogens with two attached hydrogens (primary N) is 1. The van der Waals surface area contributed by atoms with Crippen LogP contribution < -0.4 is 5.73 Å². The Morgan fingerprint density at radius 3 is 2.50 bits per heavy atom. The fourth-order valence-electron chi connectivity index (χ4n) is 2.05. The SMILES string of the molecule is NC1CCS(=O)(=O)CC1c1ccc(F)cc1. The van der Waals surface area contributed by atoms with Gasteiger partial charge < -0.3 is 5.73 Å². The molecule has 2 atom stereocenters. The standard InChI is InChI=1S/C11H14FNO2S/c12-9-3-1-8(2-4-9)10-7-16(14,15)6-5-11(10)13/h1-4,10-11H,5-7,13H2. The van der Waals surface area contributed by atoms with E-state index in [9.17, 15) is 12.8 Å². The molecular formula is C11H14FNO2S. The summed E-state index contributed by atoms with van der Waals surface area (Å²) in [6, 6.07) is 5.74. The molecule has 1 aliphatic rings. The van der Waals surface area contributed by atoms with Crippen LogP contribution in [0.1, 0.15) is 17.9 Å². The highest BCUT2D eigenvalue weighted by molar-refractivity contribution is 7.91. The van der Waals surface area contributed by atoms with Crippen LogP contribution in [-0.2, 0) is 9.84 Å². The second kappa shape index (κ2) is 4.14. The molecule has 0 aliphatic carbocycles. The molecule has 0 bridgehead atoms. The smallest absolute Gasteiger partial charge is 0.151 e. The molecule has 16 heavy (non-hydrogen) atoms. The van der Waals surface area contributed by atoms with Crippen molar-refractivity contribution in [2.45, 2.75) is 18.4 Å². The van der Waals surface area contributed by atoms with E-state index < -0.39 is 9.84 Å². The number of hydrogen-bond acceptors (Lipinski definition) is 3. The number of rotatable bonds is 1. The summed E-state index contributed by atoms with van der Waals surface area (Å²) in [6.07, 6.45) is 0.477. The van der Waals surface area contributed by atoms with Crippen LogP contribution in [0.15, 0.2) is 24.3 Å². The Morgan fingerprint density at radius 1 is 1.25 bits per heavy atom. The highest BCUT2D eigenvalue weighted by Crippen LogP contribution is 2.27. The summed E-state index contributed by atoms with van der Waals surface area (Å²) in [6.45, 7) is 0. The lowest BCUT2D eigenvalue weighted by atomic mass is 9.92. The molecule has 1 aromatic carbocycles. The van der Waals surface area contributed by atoms with Crippen LogP contribution in [0, 0.1) is 5.82 Å². The third-order valence-corrected chi connectivity index (χ3v) is 4.74. The quantitative estimate of drug-likeness (QED) is 0.802. The zero-order valence-electron chi connectivity index (χ0n) is 8.77. The largest absolute Gasteiger partial charge is 0.327 e. The molecule has 0 saturated carbocycles. The van der Waals surface area contributed by atoms with Crippen molar-refractivity contribution >= 4 is 9.84 Å². The molecule has 1 aromatic rings. The first-order valence-corrected chi connectivity index (χ1v) is 7.01. The van der Waals surface area contributed by atoms with Gasteiger partial charge in [0.15, 0.2) is 9.84 Å². The van der Waals surface area contributed by atoms with E-state index in [1.54, 1.807) is 12.1 Å². The normalized spacial score (nSPS) is 28.9. The molecular weight excluding hydrogens is 229 g/mol. The van der Waals surface area contributed by atoms with Crippen molar-refractivity contribution in [3.63, 3.8) is 0 Å². The van der Waals surface area contributed by atoms with Crippen molar-refractivity contribution < 1.29 is 12.8 Å². The molecule has 2 unspecified atom stereocenters. The molecule has 88 valence electrons. The number of benzene rings is 1. The van der Waals surface area contributed by atoms with Gasteiger partial charge in [0.1, 0.15) is 5.82 Å². The van der Waals surface area contributed by atoms with E-state index in [-0.39, 0.29) is 29.3 Å². The van der Waals surface area contributed by atoms with Gasteiger partial charge >= 0.3 is 0 Å². The Hall–Kier alpha value is -0.940. The van der Waals surface area contributed by atoms with E-state index in [1.807, 2.05) is 0 Å². The first kappa shape index (κ1) is 11.5. The lowest BCUT2D eigenvalue weighted by Gasteiger charge is -2.28. The summed E-state index contributed by atoms with van der Waals surface area (Å²) in [7, 11) is -3.00. The van der Waals surface area contributed by atoms with Crippen LogP contribution in [0.4, 0.5) is 4.39 Å². The van der Waals surface area contributed by atoms with Gasteiger partial charge in [0.25, 0.3) is 0 Å². The number of sulfone groups is 1. The van der Waals surface area contributed by atoms with Gasteiger partial charge in [-0.05, 0) is 24.1 Å². The first-order chi connectivity index (χ1) is 7.48. The summed E-state index contributed by atoms with van der Waals surface area (Å²) >= 11 is 0. The topological polar surface area (TPSA) is 60.2 Å². The van der Waals surface area contributed by atoms with Gasteiger partial charge in [-0.1, -0.05) is 12.1 Å². The van der Waals surface area contributed by atoms with Crippen LogP contribution in [0.25, 0.3) is 0 Å². The van der Waals surface area contributed by atoms with Crippen molar-refractivity contribution in [3.8, 4) is 0 Å². The van der Waals surface area contributed by atoms with E-state index in [0.29, 0.717) is 6.42 Å². The van der Waals surface area contributed by atoms with Gasteiger partial charge in [0, 0.05) is 12.0 Å². The van der Waals surface area contributed by atoms with Gasteiger partial charge in [-0.15, -0.1) is 0 Å². The highest BCUT2D eigenvalue weighted by Gasteiger charge is 2.31. The van der Waals surface area contributed by atoms with Gasteiger partial charge in [0.05, 0.1) is 11.5 Å². The van der Waals surface area contributed by atoms with E-state index in [4.69, 9.17) is 5.73 Å². The maximum absolute atomic E-state index is 12.8. The van der Waals surface area contributed by atoms with Crippen LogP contribution in [-0.4, -0.2) is 26.0 Å². The summed E-state index contributed by atoms with van der Waals surface area (Å²) in [5.41, 5.74) is 6.71. The minimum atomic E-state index is -3.00. The predicted molar refractivity (Wildman–Crippen MR) is 60.4 cm³/mol. The zero-order valence-corrected chi connectivity index (χ0v) is 9.58. The van der Waals surface area contributed by atoms with E-state index >= 15 is 0 Å². The van der Waals surface area contributed by atoms with Crippen molar-refractivity contribution in [3.05, 3.63) is 35.6 Å². The average Bonchev–Trinajstić information content (AvgIpc) is 2.23. The molecule has 1 aliphatic heterocycles. The minimum absolute atomic E-state index is 0.0692. The molecule has 3 nitrogen and oxygen atoms in total. The lowest BCUT2D eigenvalue weighted by molar-refractivity contribution is 0.504. The summed E-state index contributed by atoms with van der Waals surface area (Å²) < 4.78 is 35.8. The second-order valence-corrected chi connectivity index (χ2v) is 6.45. The Bertz CT molecular complexity index is 469. The van der Waals surface area contributed by atoms with Crippen LogP contribution >= 0.6 is 0 Å². The molecule has 1 saturated heterocycles. The van der Waals surface area contributed by atoms with Gasteiger partial charge in [-0.3, -0.25) is 0 Å². The molecule has 1 heterocycles. The monoisotopic (exact) mass is 243 g/mol. The summed E-state index contributed by atoms with van der Waals surface area (Å²) in [4.78, 5) is 0. The molecule has 0 spiro atoms. The van der Waals surface area contributed by atoms with Crippen molar-refractivity contribution in [2.24, 2.45) is 5.73 Å². The van der Waals surface area contributed by atoms with Crippen LogP contribution in [0.5, 0.6) is 0 Å². The second-order valence-electron chi connectivity index (χ2n) is 4.22. The zero-order chi connectivity index (χ0) is 11.8. The Balaban J connectivity index is 2.28. The fraction of sp³-hybridized carbons (Fsp3) is 0.455. The third-order valence-electron chi connectivity index (χ3n) is 3.01. The first-order valence-electron chi connectivity index (χ1n) is 5.19. The molecule has 2 N–H and O–H groups in total. The Kier molecular flexibility index (Phi) is 2.99. The van der Waals surface area contributed by atoms with Crippen molar-refractivity contribution in [1.29, 1.82) is 0 Å². The van der Waals surface area contributed by atoms with Gasteiger partial charge in [0.2, 0.25) is 0 Å². The molecule has 1 fully saturated rings. The van der Waals surface area contributed by atoms with E-state index in [1.165, 1.54) is 12.1 Å². The van der Waals surface area contributed by atoms with Crippen LogP contribution in [0.3, 0.4) is 0 Å². The Morgan fingerprint density at radius 2 is 1.88 bits per heavy atom. The molecule has 0 amide bonds. The van der Waals surface area contributed by atoms with Gasteiger partial charge in [-0.2, -0.15) is 0 Å². The summed E-state index contributed by atoms with van der Waals surface area (Å²) in [5.74, 6) is -0.304. The minimum Gasteiger partial charge on any atom is -0.327 e. The number of hydrogen-bond donors (Lipinski definition) is 1. The lowest BCUT2D eigenvalue weighted by Crippen LogP contribution is -2.40. The molecule has 0 aromatic heterocycles. The maximum Gasteiger partial charge on any atom is 0.151 e. The number of halogens is 1. The van der Waals surface area contributed by atoms with Crippen LogP contribution in [0.2, 0.25) is 0 Å². The summed E-state index contributed by atoms with van der Waals surface area (Å²) in [5, 5.41) is 0. The average molecular weight is 243 g/mol. The maximum atomic E-state index is 12.8.